The minimum Gasteiger partial charge on any atom is -0.473 e. The normalized spacial score (nSPS) is 19.0. The summed E-state index contributed by atoms with van der Waals surface area (Å²) in [5, 5.41) is 14.5. The molecule has 0 saturated carbocycles. The molecule has 0 bridgehead atoms. The SMILES string of the molecule is CC(C(O)[C@H]1C[C@H](Oc2ccccn2)CN1)N(C(=O)CCCc1ccccc1)c1cc(F)cc(F)c1. The van der Waals surface area contributed by atoms with Crippen LogP contribution in [-0.2, 0) is 11.2 Å². The Bertz CT molecular complexity index is 1110. The Morgan fingerprint density at radius 2 is 1.86 bits per heavy atom. The number of carbonyl (C=O) groups excluding carboxylic acids is 1. The van der Waals surface area contributed by atoms with E-state index in [0.29, 0.717) is 31.7 Å². The van der Waals surface area contributed by atoms with Gasteiger partial charge in [-0.25, -0.2) is 13.8 Å². The van der Waals surface area contributed by atoms with Gasteiger partial charge in [0.25, 0.3) is 0 Å². The highest BCUT2D eigenvalue weighted by molar-refractivity contribution is 5.94. The fourth-order valence-electron chi connectivity index (χ4n) is 4.65. The largest absolute Gasteiger partial charge is 0.473 e. The van der Waals surface area contributed by atoms with Gasteiger partial charge in [-0.05, 0) is 43.5 Å². The van der Waals surface area contributed by atoms with Crippen LogP contribution in [0.1, 0.15) is 31.7 Å². The second-order valence-corrected chi connectivity index (χ2v) is 9.12. The lowest BCUT2D eigenvalue weighted by molar-refractivity contribution is -0.119. The van der Waals surface area contributed by atoms with Gasteiger partial charge in [0.15, 0.2) is 0 Å². The molecule has 1 fully saturated rings. The molecule has 2 N–H and O–H groups in total. The van der Waals surface area contributed by atoms with E-state index < -0.39 is 23.8 Å². The third kappa shape index (κ3) is 6.65. The predicted octanol–water partition coefficient (Wildman–Crippen LogP) is 4.27. The molecular weight excluding hydrogens is 464 g/mol. The van der Waals surface area contributed by atoms with E-state index in [1.54, 1.807) is 25.3 Å². The van der Waals surface area contributed by atoms with E-state index in [4.69, 9.17) is 4.74 Å². The van der Waals surface area contributed by atoms with Crippen LogP contribution in [0.25, 0.3) is 0 Å². The van der Waals surface area contributed by atoms with E-state index in [9.17, 15) is 18.7 Å². The zero-order valence-corrected chi connectivity index (χ0v) is 20.2. The summed E-state index contributed by atoms with van der Waals surface area (Å²) < 4.78 is 34.0. The maximum atomic E-state index is 14.1. The Morgan fingerprint density at radius 3 is 2.56 bits per heavy atom. The van der Waals surface area contributed by atoms with Crippen molar-refractivity contribution in [3.63, 3.8) is 0 Å². The summed E-state index contributed by atoms with van der Waals surface area (Å²) in [4.78, 5) is 18.8. The fraction of sp³-hybridized carbons (Fsp3) is 0.357. The van der Waals surface area contributed by atoms with E-state index in [1.165, 1.54) is 4.90 Å². The molecule has 1 amide bonds. The van der Waals surface area contributed by atoms with Gasteiger partial charge in [-0.15, -0.1) is 0 Å². The Morgan fingerprint density at radius 1 is 1.14 bits per heavy atom. The molecule has 2 heterocycles. The number of aliphatic hydroxyl groups is 1. The van der Waals surface area contributed by atoms with Gasteiger partial charge in [-0.3, -0.25) is 4.79 Å². The number of aromatic nitrogens is 1. The molecule has 0 radical (unpaired) electrons. The summed E-state index contributed by atoms with van der Waals surface area (Å²) in [5.74, 6) is -1.37. The summed E-state index contributed by atoms with van der Waals surface area (Å²) in [6.07, 6.45) is 2.39. The molecule has 36 heavy (non-hydrogen) atoms. The molecular formula is C28H31F2N3O3. The number of rotatable bonds is 10. The van der Waals surface area contributed by atoms with Crippen molar-refractivity contribution in [1.82, 2.24) is 10.3 Å². The second kappa shape index (κ2) is 12.1. The average molecular weight is 496 g/mol. The number of aliphatic hydroxyl groups excluding tert-OH is 1. The van der Waals surface area contributed by atoms with E-state index in [1.807, 2.05) is 36.4 Å². The maximum Gasteiger partial charge on any atom is 0.227 e. The lowest BCUT2D eigenvalue weighted by Gasteiger charge is -2.35. The molecule has 0 spiro atoms. The summed E-state index contributed by atoms with van der Waals surface area (Å²) in [5.41, 5.74) is 1.19. The molecule has 4 rings (SSSR count). The van der Waals surface area contributed by atoms with Gasteiger partial charge in [0.1, 0.15) is 17.7 Å². The minimum atomic E-state index is -0.994. The van der Waals surface area contributed by atoms with Gasteiger partial charge in [0.2, 0.25) is 11.8 Å². The number of pyridine rings is 1. The smallest absolute Gasteiger partial charge is 0.227 e. The third-order valence-electron chi connectivity index (χ3n) is 6.46. The Kier molecular flexibility index (Phi) is 8.61. The van der Waals surface area contributed by atoms with Crippen LogP contribution in [0.5, 0.6) is 5.88 Å². The van der Waals surface area contributed by atoms with Crippen LogP contribution in [0.3, 0.4) is 0 Å². The van der Waals surface area contributed by atoms with E-state index >= 15 is 0 Å². The first kappa shape index (κ1) is 25.7. The lowest BCUT2D eigenvalue weighted by atomic mass is 9.99. The molecule has 2 aromatic carbocycles. The van der Waals surface area contributed by atoms with Gasteiger partial charge in [0.05, 0.1) is 12.1 Å². The van der Waals surface area contributed by atoms with Crippen LogP contribution in [0.15, 0.2) is 72.9 Å². The van der Waals surface area contributed by atoms with E-state index in [-0.39, 0.29) is 30.2 Å². The summed E-state index contributed by atoms with van der Waals surface area (Å²) in [6.45, 7) is 2.20. The van der Waals surface area contributed by atoms with Crippen LogP contribution < -0.4 is 15.0 Å². The van der Waals surface area contributed by atoms with Crippen LogP contribution in [-0.4, -0.2) is 46.8 Å². The standard InChI is InChI=1S/C28H31F2N3O3/c1-19(28(35)25-17-24(18-32-25)36-26-11-5-6-13-31-26)33(23-15-21(29)14-22(30)16-23)27(34)12-7-10-20-8-3-2-4-9-20/h2-6,8-9,11,13-16,19,24-25,28,32,35H,7,10,12,17-18H2,1H3/t19?,24-,25+,28?/m0/s1. The van der Waals surface area contributed by atoms with Crippen molar-refractivity contribution in [2.75, 3.05) is 11.4 Å². The summed E-state index contributed by atoms with van der Waals surface area (Å²) >= 11 is 0. The van der Waals surface area contributed by atoms with Crippen LogP contribution in [0.2, 0.25) is 0 Å². The van der Waals surface area contributed by atoms with Gasteiger partial charge in [-0.2, -0.15) is 0 Å². The van der Waals surface area contributed by atoms with Crippen molar-refractivity contribution in [2.24, 2.45) is 0 Å². The first-order valence-electron chi connectivity index (χ1n) is 12.2. The number of nitrogens with zero attached hydrogens (tertiary/aromatic N) is 2. The van der Waals surface area contributed by atoms with Crippen LogP contribution in [0, 0.1) is 11.6 Å². The molecule has 3 aromatic rings. The van der Waals surface area contributed by atoms with Gasteiger partial charge >= 0.3 is 0 Å². The highest BCUT2D eigenvalue weighted by Gasteiger charge is 2.37. The van der Waals surface area contributed by atoms with Crippen LogP contribution >= 0.6 is 0 Å². The molecule has 1 saturated heterocycles. The zero-order valence-electron chi connectivity index (χ0n) is 20.2. The third-order valence-corrected chi connectivity index (χ3v) is 6.46. The lowest BCUT2D eigenvalue weighted by Crippen LogP contribution is -2.52. The zero-order chi connectivity index (χ0) is 25.5. The number of amides is 1. The molecule has 1 aromatic heterocycles. The molecule has 4 atom stereocenters. The number of carbonyl (C=O) groups is 1. The minimum absolute atomic E-state index is 0.0862. The van der Waals surface area contributed by atoms with Crippen molar-refractivity contribution < 1.29 is 23.4 Å². The molecule has 1 aliphatic rings. The van der Waals surface area contributed by atoms with E-state index in [0.717, 1.165) is 23.8 Å². The average Bonchev–Trinajstić information content (AvgIpc) is 3.33. The quantitative estimate of drug-likeness (QED) is 0.439. The topological polar surface area (TPSA) is 74.7 Å². The number of ether oxygens (including phenoxy) is 1. The summed E-state index contributed by atoms with van der Waals surface area (Å²) in [6, 6.07) is 17.1. The second-order valence-electron chi connectivity index (χ2n) is 9.12. The van der Waals surface area contributed by atoms with Gasteiger partial charge in [0, 0.05) is 49.4 Å². The van der Waals surface area contributed by atoms with Gasteiger partial charge < -0.3 is 20.1 Å². The Balaban J connectivity index is 1.45. The molecule has 1 aliphatic heterocycles. The highest BCUT2D eigenvalue weighted by Crippen LogP contribution is 2.26. The first-order valence-corrected chi connectivity index (χ1v) is 12.2. The molecule has 2 unspecified atom stereocenters. The molecule has 190 valence electrons. The molecule has 6 nitrogen and oxygen atoms in total. The molecule has 0 aliphatic carbocycles. The van der Waals surface area contributed by atoms with Crippen molar-refractivity contribution >= 4 is 11.6 Å². The fourth-order valence-corrected chi connectivity index (χ4v) is 4.65. The van der Waals surface area contributed by atoms with Crippen molar-refractivity contribution in [1.29, 1.82) is 0 Å². The van der Waals surface area contributed by atoms with Crippen LogP contribution in [0.4, 0.5) is 14.5 Å². The first-order chi connectivity index (χ1) is 17.4. The number of halogens is 2. The monoisotopic (exact) mass is 495 g/mol. The highest BCUT2D eigenvalue weighted by atomic mass is 19.1. The van der Waals surface area contributed by atoms with Crippen molar-refractivity contribution in [3.8, 4) is 5.88 Å². The number of hydrogen-bond acceptors (Lipinski definition) is 5. The van der Waals surface area contributed by atoms with Crippen molar-refractivity contribution in [2.45, 2.75) is 56.9 Å². The number of benzene rings is 2. The summed E-state index contributed by atoms with van der Waals surface area (Å²) in [7, 11) is 0. The number of anilines is 1. The maximum absolute atomic E-state index is 14.1. The number of nitrogens with one attached hydrogen (secondary N) is 1. The van der Waals surface area contributed by atoms with E-state index in [2.05, 4.69) is 10.3 Å². The Hall–Kier alpha value is -3.36. The molecule has 8 heteroatoms. The number of hydrogen-bond donors (Lipinski definition) is 2. The van der Waals surface area contributed by atoms with Gasteiger partial charge in [-0.1, -0.05) is 36.4 Å². The predicted molar refractivity (Wildman–Crippen MR) is 134 cm³/mol. The number of aryl methyl sites for hydroxylation is 1. The Labute approximate surface area is 209 Å². The van der Waals surface area contributed by atoms with Crippen molar-refractivity contribution in [3.05, 3.63) is 90.1 Å².